The minimum absolute atomic E-state index is 0.631. The van der Waals surface area contributed by atoms with E-state index in [9.17, 15) is 0 Å². The summed E-state index contributed by atoms with van der Waals surface area (Å²) in [7, 11) is 0. The Balaban J connectivity index is 1.67. The van der Waals surface area contributed by atoms with Crippen LogP contribution in [0.2, 0.25) is 0 Å². The molecule has 2 aromatic rings. The Hall–Kier alpha value is -1.61. The number of aromatic nitrogens is 2. The highest BCUT2D eigenvalue weighted by Crippen LogP contribution is 2.50. The Bertz CT molecular complexity index is 532. The molecule has 1 aromatic heterocycles. The highest BCUT2D eigenvalue weighted by atomic mass is 15.0. The van der Waals surface area contributed by atoms with Crippen molar-refractivity contribution >= 4 is 0 Å². The van der Waals surface area contributed by atoms with E-state index in [1.54, 1.807) is 0 Å². The lowest BCUT2D eigenvalue weighted by Gasteiger charge is -2.06. The minimum Gasteiger partial charge on any atom is -0.330 e. The summed E-state index contributed by atoms with van der Waals surface area (Å²) in [6, 6.07) is 10.3. The second-order valence-electron chi connectivity index (χ2n) is 5.72. The lowest BCUT2D eigenvalue weighted by Crippen LogP contribution is -2.11. The van der Waals surface area contributed by atoms with Gasteiger partial charge in [-0.1, -0.05) is 25.1 Å². The quantitative estimate of drug-likeness (QED) is 0.892. The molecule has 1 saturated carbocycles. The molecule has 100 valence electrons. The standard InChI is InChI=1S/C16H21N3/c1-12(9-17)7-13-8-15(13)16-10-19(11-18-16)14-5-3-2-4-6-14/h2-6,10-13,15H,7-9,17H2,1H3. The van der Waals surface area contributed by atoms with Crippen molar-refractivity contribution in [2.24, 2.45) is 17.6 Å². The van der Waals surface area contributed by atoms with Crippen LogP contribution in [-0.4, -0.2) is 16.1 Å². The predicted octanol–water partition coefficient (Wildman–Crippen LogP) is 2.96. The molecule has 3 heteroatoms. The molecule has 0 aliphatic heterocycles. The van der Waals surface area contributed by atoms with E-state index in [4.69, 9.17) is 5.73 Å². The Morgan fingerprint density at radius 3 is 2.89 bits per heavy atom. The Kier molecular flexibility index (Phi) is 3.38. The fourth-order valence-corrected chi connectivity index (χ4v) is 2.75. The van der Waals surface area contributed by atoms with Gasteiger partial charge in [0.05, 0.1) is 12.0 Å². The molecule has 3 nitrogen and oxygen atoms in total. The number of benzene rings is 1. The van der Waals surface area contributed by atoms with Crippen LogP contribution in [0, 0.1) is 11.8 Å². The third-order valence-corrected chi connectivity index (χ3v) is 4.07. The van der Waals surface area contributed by atoms with Crippen molar-refractivity contribution in [3.63, 3.8) is 0 Å². The fraction of sp³-hybridized carbons (Fsp3) is 0.438. The van der Waals surface area contributed by atoms with Crippen LogP contribution in [0.1, 0.15) is 31.4 Å². The van der Waals surface area contributed by atoms with E-state index >= 15 is 0 Å². The van der Waals surface area contributed by atoms with Gasteiger partial charge in [0, 0.05) is 17.8 Å². The third-order valence-electron chi connectivity index (χ3n) is 4.07. The molecule has 3 atom stereocenters. The summed E-state index contributed by atoms with van der Waals surface area (Å²) >= 11 is 0. The van der Waals surface area contributed by atoms with Gasteiger partial charge in [0.15, 0.2) is 0 Å². The summed E-state index contributed by atoms with van der Waals surface area (Å²) in [4.78, 5) is 4.57. The van der Waals surface area contributed by atoms with Crippen LogP contribution in [0.15, 0.2) is 42.9 Å². The molecular formula is C16H21N3. The number of imidazole rings is 1. The maximum Gasteiger partial charge on any atom is 0.0995 e. The number of nitrogens with zero attached hydrogens (tertiary/aromatic N) is 2. The normalized spacial score (nSPS) is 23.3. The summed E-state index contributed by atoms with van der Waals surface area (Å²) in [6.45, 7) is 3.03. The van der Waals surface area contributed by atoms with Crippen LogP contribution in [0.3, 0.4) is 0 Å². The lowest BCUT2D eigenvalue weighted by atomic mass is 10.0. The summed E-state index contributed by atoms with van der Waals surface area (Å²) in [6.07, 6.45) is 6.61. The predicted molar refractivity (Wildman–Crippen MR) is 77.2 cm³/mol. The van der Waals surface area contributed by atoms with Crippen LogP contribution in [-0.2, 0) is 0 Å². The maximum absolute atomic E-state index is 5.69. The fourth-order valence-electron chi connectivity index (χ4n) is 2.75. The number of rotatable bonds is 5. The highest BCUT2D eigenvalue weighted by molar-refractivity contribution is 5.32. The number of hydrogen-bond donors (Lipinski definition) is 1. The zero-order valence-electron chi connectivity index (χ0n) is 11.4. The first-order valence-corrected chi connectivity index (χ1v) is 7.07. The molecule has 19 heavy (non-hydrogen) atoms. The Morgan fingerprint density at radius 1 is 1.37 bits per heavy atom. The average Bonchev–Trinajstić information content (AvgIpc) is 3.03. The number of nitrogens with two attached hydrogens (primary N) is 1. The van der Waals surface area contributed by atoms with Crippen molar-refractivity contribution in [2.45, 2.75) is 25.7 Å². The topological polar surface area (TPSA) is 43.8 Å². The van der Waals surface area contributed by atoms with Gasteiger partial charge in [0.2, 0.25) is 0 Å². The molecule has 0 spiro atoms. The van der Waals surface area contributed by atoms with E-state index < -0.39 is 0 Å². The summed E-state index contributed by atoms with van der Waals surface area (Å²) in [5.41, 5.74) is 8.10. The van der Waals surface area contributed by atoms with Crippen molar-refractivity contribution in [1.82, 2.24) is 9.55 Å². The van der Waals surface area contributed by atoms with Crippen molar-refractivity contribution in [3.05, 3.63) is 48.5 Å². The molecule has 0 amide bonds. The van der Waals surface area contributed by atoms with E-state index in [1.807, 2.05) is 12.4 Å². The van der Waals surface area contributed by atoms with E-state index in [-0.39, 0.29) is 0 Å². The van der Waals surface area contributed by atoms with Gasteiger partial charge in [-0.2, -0.15) is 0 Å². The molecule has 3 rings (SSSR count). The summed E-state index contributed by atoms with van der Waals surface area (Å²) in [5, 5.41) is 0. The first kappa shape index (κ1) is 12.4. The SMILES string of the molecule is CC(CN)CC1CC1c1cn(-c2ccccc2)cn1. The number of para-hydroxylation sites is 1. The zero-order valence-corrected chi connectivity index (χ0v) is 11.4. The minimum atomic E-state index is 0.631. The molecule has 2 N–H and O–H groups in total. The molecule has 1 heterocycles. The van der Waals surface area contributed by atoms with Gasteiger partial charge < -0.3 is 10.3 Å². The van der Waals surface area contributed by atoms with Crippen LogP contribution in [0.5, 0.6) is 0 Å². The van der Waals surface area contributed by atoms with Crippen molar-refractivity contribution in [2.75, 3.05) is 6.54 Å². The molecule has 1 aliphatic carbocycles. The molecule has 0 radical (unpaired) electrons. The average molecular weight is 255 g/mol. The maximum atomic E-state index is 5.69. The smallest absolute Gasteiger partial charge is 0.0995 e. The first-order chi connectivity index (χ1) is 9.28. The zero-order chi connectivity index (χ0) is 13.2. The third kappa shape index (κ3) is 2.71. The monoisotopic (exact) mass is 255 g/mol. The van der Waals surface area contributed by atoms with Crippen molar-refractivity contribution in [3.8, 4) is 5.69 Å². The largest absolute Gasteiger partial charge is 0.330 e. The summed E-state index contributed by atoms with van der Waals surface area (Å²) < 4.78 is 2.11. The van der Waals surface area contributed by atoms with E-state index in [0.717, 1.165) is 12.5 Å². The van der Waals surface area contributed by atoms with Crippen molar-refractivity contribution < 1.29 is 0 Å². The van der Waals surface area contributed by atoms with Gasteiger partial charge in [-0.25, -0.2) is 4.98 Å². The second-order valence-corrected chi connectivity index (χ2v) is 5.72. The lowest BCUT2D eigenvalue weighted by molar-refractivity contribution is 0.499. The van der Waals surface area contributed by atoms with Crippen LogP contribution < -0.4 is 5.73 Å². The van der Waals surface area contributed by atoms with Gasteiger partial charge >= 0.3 is 0 Å². The van der Waals surface area contributed by atoms with Gasteiger partial charge in [-0.15, -0.1) is 0 Å². The molecule has 1 aromatic carbocycles. The van der Waals surface area contributed by atoms with Gasteiger partial charge in [0.1, 0.15) is 0 Å². The van der Waals surface area contributed by atoms with Gasteiger partial charge in [-0.3, -0.25) is 0 Å². The van der Waals surface area contributed by atoms with Crippen LogP contribution >= 0.6 is 0 Å². The van der Waals surface area contributed by atoms with Gasteiger partial charge in [-0.05, 0) is 43.4 Å². The van der Waals surface area contributed by atoms with E-state index in [0.29, 0.717) is 11.8 Å². The van der Waals surface area contributed by atoms with Crippen LogP contribution in [0.4, 0.5) is 0 Å². The molecular weight excluding hydrogens is 234 g/mol. The molecule has 3 unspecified atom stereocenters. The molecule has 1 fully saturated rings. The molecule has 0 bridgehead atoms. The first-order valence-electron chi connectivity index (χ1n) is 7.07. The highest BCUT2D eigenvalue weighted by Gasteiger charge is 2.40. The van der Waals surface area contributed by atoms with Crippen LogP contribution in [0.25, 0.3) is 5.69 Å². The Morgan fingerprint density at radius 2 is 2.16 bits per heavy atom. The van der Waals surface area contributed by atoms with E-state index in [2.05, 4.69) is 46.9 Å². The molecule has 0 saturated heterocycles. The Labute approximate surface area is 114 Å². The van der Waals surface area contributed by atoms with Crippen molar-refractivity contribution in [1.29, 1.82) is 0 Å². The number of hydrogen-bond acceptors (Lipinski definition) is 2. The van der Waals surface area contributed by atoms with Gasteiger partial charge in [0.25, 0.3) is 0 Å². The summed E-state index contributed by atoms with van der Waals surface area (Å²) in [5.74, 6) is 2.07. The van der Waals surface area contributed by atoms with E-state index in [1.165, 1.54) is 24.2 Å². The second kappa shape index (κ2) is 5.17. The molecule has 1 aliphatic rings.